The second kappa shape index (κ2) is 17.5. The summed E-state index contributed by atoms with van der Waals surface area (Å²) in [4.78, 5) is 87.9. The normalized spacial score (nSPS) is 26.2. The molecule has 0 radical (unpaired) electrons. The third kappa shape index (κ3) is 7.17. The van der Waals surface area contributed by atoms with Crippen molar-refractivity contribution in [1.29, 1.82) is 0 Å². The lowest BCUT2D eigenvalue weighted by Crippen LogP contribution is -2.69. The Morgan fingerprint density at radius 3 is 1.76 bits per heavy atom. The Labute approximate surface area is 442 Å². The molecule has 0 spiro atoms. The van der Waals surface area contributed by atoms with Gasteiger partial charge in [0.15, 0.2) is 70.4 Å². The van der Waals surface area contributed by atoms with Gasteiger partial charge in [0.25, 0.3) is 11.6 Å². The van der Waals surface area contributed by atoms with Gasteiger partial charge in [-0.25, -0.2) is 19.2 Å². The maximum atomic E-state index is 15.2. The Bertz CT molecular complexity index is 3730. The molecule has 0 amide bonds. The molecule has 16 N–H and O–H groups in total. The number of ketones is 1. The van der Waals surface area contributed by atoms with Gasteiger partial charge < -0.3 is 115 Å². The van der Waals surface area contributed by atoms with Gasteiger partial charge in [0, 0.05) is 52.8 Å². The van der Waals surface area contributed by atoms with Crippen molar-refractivity contribution < 1.29 is 144 Å². The van der Waals surface area contributed by atoms with Gasteiger partial charge in [0.05, 0.1) is 40.2 Å². The topological polar surface area (TPSA) is 491 Å². The lowest BCUT2D eigenvalue weighted by atomic mass is 9.64. The van der Waals surface area contributed by atoms with Crippen molar-refractivity contribution in [2.45, 2.75) is 73.4 Å². The van der Waals surface area contributed by atoms with E-state index in [1.165, 1.54) is 0 Å². The van der Waals surface area contributed by atoms with Crippen LogP contribution in [0, 0.1) is 0 Å². The zero-order valence-electron chi connectivity index (χ0n) is 40.0. The fourth-order valence-electron chi connectivity index (χ4n) is 11.0. The number of hydrogen-bond acceptors (Lipinski definition) is 29. The van der Waals surface area contributed by atoms with E-state index in [4.69, 9.17) is 33.2 Å². The Morgan fingerprint density at radius 2 is 1.14 bits per heavy atom. The summed E-state index contributed by atoms with van der Waals surface area (Å²) in [6.45, 7) is -0.697. The number of phenols is 12. The quantitative estimate of drug-likeness (QED) is 0.0493. The monoisotopic (exact) mass is 1110 g/mol. The predicted octanol–water partition coefficient (Wildman–Crippen LogP) is 0.159. The third-order valence-corrected chi connectivity index (χ3v) is 14.6. The van der Waals surface area contributed by atoms with Crippen molar-refractivity contribution >= 4 is 35.6 Å². The molecule has 29 nitrogen and oxygen atoms in total. The van der Waals surface area contributed by atoms with Gasteiger partial charge in [-0.1, -0.05) is 6.07 Å². The van der Waals surface area contributed by atoms with Crippen LogP contribution in [0.3, 0.4) is 0 Å². The van der Waals surface area contributed by atoms with Crippen molar-refractivity contribution in [3.05, 3.63) is 92.6 Å². The number of carbonyl (C=O) groups excluding carboxylic acids is 6. The number of hydrogen-bond donors (Lipinski definition) is 16. The van der Waals surface area contributed by atoms with Crippen LogP contribution in [0.2, 0.25) is 0 Å². The first-order valence-corrected chi connectivity index (χ1v) is 23.3. The molecular weight excluding hydrogens is 1080 g/mol. The lowest BCUT2D eigenvalue weighted by Gasteiger charge is -2.49. The van der Waals surface area contributed by atoms with E-state index < -0.39 is 245 Å². The van der Waals surface area contributed by atoms with E-state index in [9.17, 15) is 91.3 Å². The first-order valence-electron chi connectivity index (χ1n) is 23.3. The number of phenolic OH excluding ortho intramolecular Hbond substituents is 12. The van der Waals surface area contributed by atoms with Crippen molar-refractivity contribution in [3.8, 4) is 91.6 Å². The SMILES string of the molecule is CC(=O)O[C@H]1COC(=O)c2cc(O)c(O)c(O)c2-c2c(cc(O)c(O)c2O)C(=O)O[C@H]1[C@@H]1OC(=O)c2cc(O)c(O)c3c2[C@H]2C4=C(C(=O)C(O)(O)[C@@]2(O)O3)[C@@H](c2c(O)cc(O)c3c2O[C@@H](c2ccc(O)c(O)c2)[C@@H](O)C3)[C@H]1OC4=O. The van der Waals surface area contributed by atoms with Crippen LogP contribution in [-0.2, 0) is 44.5 Å². The lowest BCUT2D eigenvalue weighted by molar-refractivity contribution is -0.324. The van der Waals surface area contributed by atoms with E-state index in [0.717, 1.165) is 25.1 Å². The Morgan fingerprint density at radius 1 is 0.562 bits per heavy atom. The Balaban J connectivity index is 1.23. The number of Topliss-reactive ketones (excluding diaryl/α,β-unsaturated/α-hetero) is 1. The van der Waals surface area contributed by atoms with Crippen molar-refractivity contribution in [3.63, 3.8) is 0 Å². The number of aliphatic hydroxyl groups excluding tert-OH is 1. The fraction of sp³-hybridized carbons (Fsp3) is 0.255. The molecule has 29 heteroatoms. The minimum absolute atomic E-state index is 0.117. The summed E-state index contributed by atoms with van der Waals surface area (Å²) in [6.07, 6.45) is -14.9. The molecule has 0 aromatic heterocycles. The molecule has 1 aliphatic carbocycles. The number of benzene rings is 5. The molecule has 6 aliphatic rings. The highest BCUT2D eigenvalue weighted by atomic mass is 16.7. The van der Waals surface area contributed by atoms with E-state index in [1.54, 1.807) is 0 Å². The highest BCUT2D eigenvalue weighted by Crippen LogP contribution is 2.65. The molecule has 4 bridgehead atoms. The Kier molecular flexibility index (Phi) is 11.3. The van der Waals surface area contributed by atoms with Gasteiger partial charge in [-0.05, 0) is 35.9 Å². The highest BCUT2D eigenvalue weighted by Gasteiger charge is 2.74. The second-order valence-corrected chi connectivity index (χ2v) is 19.2. The van der Waals surface area contributed by atoms with Gasteiger partial charge in [-0.2, -0.15) is 0 Å². The number of cyclic esters (lactones) is 3. The van der Waals surface area contributed by atoms with Crippen LogP contribution in [0.25, 0.3) is 11.1 Å². The van der Waals surface area contributed by atoms with Crippen molar-refractivity contribution in [1.82, 2.24) is 0 Å². The van der Waals surface area contributed by atoms with Crippen LogP contribution in [0.4, 0.5) is 0 Å². The van der Waals surface area contributed by atoms with Gasteiger partial charge in [-0.15, -0.1) is 0 Å². The average Bonchev–Trinajstić information content (AvgIpc) is 3.52. The second-order valence-electron chi connectivity index (χ2n) is 19.2. The standard InChI is InChI=1S/C51H38O29/c1-11(52)75-25-10-74-46(67)14-6-21(57)34(61)37(64)26(14)27-15(7-22(58)35(62)38(27)65)47(68)77-41(25)44-43-30(29-20(56)9-18(54)13-5-24(60)39(76-40(13)29)12-2-3-17(53)19(55)4-12)31-32(49(70)78-43)33-28-16(48(69)79-44)8-23(59)36(63)42(28)80-51(33,73)50(71,72)45(31)66/h2-4,6-9,24-25,30,33,39,41,43-44,53-65,71-73H,5,10H2,1H3/t24-,25-,30+,33-,39-,41+,43+,44-,51-/m0/s1. The molecule has 0 saturated carbocycles. The van der Waals surface area contributed by atoms with Gasteiger partial charge in [0.2, 0.25) is 23.0 Å². The van der Waals surface area contributed by atoms with Gasteiger partial charge in [-0.3, -0.25) is 9.59 Å². The van der Waals surface area contributed by atoms with Crippen LogP contribution in [-0.4, -0.2) is 166 Å². The van der Waals surface area contributed by atoms with Crippen molar-refractivity contribution in [2.24, 2.45) is 0 Å². The molecule has 5 aliphatic heterocycles. The molecule has 0 saturated heterocycles. The third-order valence-electron chi connectivity index (χ3n) is 14.6. The number of aromatic hydroxyl groups is 12. The first-order chi connectivity index (χ1) is 37.6. The number of ether oxygens (including phenoxy) is 7. The maximum Gasteiger partial charge on any atom is 0.339 e. The number of aliphatic hydroxyl groups is 4. The number of carbonyl (C=O) groups is 6. The number of rotatable bonds is 4. The summed E-state index contributed by atoms with van der Waals surface area (Å²) >= 11 is 0. The minimum Gasteiger partial charge on any atom is -0.507 e. The predicted molar refractivity (Wildman–Crippen MR) is 249 cm³/mol. The molecule has 5 aromatic rings. The number of esters is 5. The molecule has 5 heterocycles. The largest absolute Gasteiger partial charge is 0.507 e. The van der Waals surface area contributed by atoms with Crippen LogP contribution in [0.5, 0.6) is 80.5 Å². The van der Waals surface area contributed by atoms with E-state index >= 15 is 19.2 Å². The Hall–Kier alpha value is -10.1. The molecule has 0 fully saturated rings. The fourth-order valence-corrected chi connectivity index (χ4v) is 11.0. The minimum atomic E-state index is -4.36. The highest BCUT2D eigenvalue weighted by molar-refractivity contribution is 6.14. The molecule has 0 unspecified atom stereocenters. The van der Waals surface area contributed by atoms with Crippen LogP contribution in [0.1, 0.15) is 78.2 Å². The summed E-state index contributed by atoms with van der Waals surface area (Å²) in [6, 6.07) is 4.92. The van der Waals surface area contributed by atoms with Gasteiger partial charge >= 0.3 is 29.8 Å². The molecular formula is C51H38O29. The van der Waals surface area contributed by atoms with E-state index in [2.05, 4.69) is 0 Å². The van der Waals surface area contributed by atoms with Crippen LogP contribution < -0.4 is 9.47 Å². The smallest absolute Gasteiger partial charge is 0.339 e. The van der Waals surface area contributed by atoms with Crippen LogP contribution >= 0.6 is 0 Å². The summed E-state index contributed by atoms with van der Waals surface area (Å²) in [5.74, 6) is -40.6. The van der Waals surface area contributed by atoms with Crippen LogP contribution in [0.15, 0.2) is 53.6 Å². The maximum absolute atomic E-state index is 15.2. The summed E-state index contributed by atoms with van der Waals surface area (Å²) in [7, 11) is 0. The summed E-state index contributed by atoms with van der Waals surface area (Å²) in [5, 5.41) is 179. The first kappa shape index (κ1) is 52.0. The van der Waals surface area contributed by atoms with Gasteiger partial charge in [0.1, 0.15) is 30.0 Å². The molecule has 80 heavy (non-hydrogen) atoms. The zero-order valence-corrected chi connectivity index (χ0v) is 40.0. The van der Waals surface area contributed by atoms with Crippen molar-refractivity contribution in [2.75, 3.05) is 6.61 Å². The zero-order chi connectivity index (χ0) is 57.8. The average molecular weight is 1110 g/mol. The number of fused-ring (bicyclic) bond motifs is 5. The molecule has 9 atom stereocenters. The van der Waals surface area contributed by atoms with E-state index in [-0.39, 0.29) is 5.56 Å². The van der Waals surface area contributed by atoms with E-state index in [1.807, 2.05) is 0 Å². The summed E-state index contributed by atoms with van der Waals surface area (Å²) in [5.41, 5.74) is -10.4. The molecule has 11 rings (SSSR count). The molecule has 5 aromatic carbocycles. The summed E-state index contributed by atoms with van der Waals surface area (Å²) < 4.78 is 40.6. The molecule has 416 valence electrons. The van der Waals surface area contributed by atoms with E-state index in [0.29, 0.717) is 24.3 Å².